The number of para-hydroxylation sites is 3. The van der Waals surface area contributed by atoms with Gasteiger partial charge in [-0.2, -0.15) is 0 Å². The van der Waals surface area contributed by atoms with E-state index in [2.05, 4.69) is 265 Å². The Hall–Kier alpha value is -7.63. The highest BCUT2D eigenvalue weighted by Gasteiger charge is 2.43. The highest BCUT2D eigenvalue weighted by Crippen LogP contribution is 2.50. The third-order valence-corrected chi connectivity index (χ3v) is 14.8. The summed E-state index contributed by atoms with van der Waals surface area (Å²) in [4.78, 5) is 8.29. The maximum atomic E-state index is 5.69. The molecule has 8 aromatic carbocycles. The van der Waals surface area contributed by atoms with Gasteiger partial charge in [0, 0.05) is 44.6 Å². The summed E-state index contributed by atoms with van der Waals surface area (Å²) in [7, 11) is 0. The summed E-state index contributed by atoms with van der Waals surface area (Å²) in [6.45, 7) is 20.8. The van der Waals surface area contributed by atoms with E-state index < -0.39 is 0 Å². The van der Waals surface area contributed by atoms with Crippen molar-refractivity contribution in [1.82, 2.24) is 9.55 Å². The molecule has 0 fully saturated rings. The van der Waals surface area contributed by atoms with Crippen molar-refractivity contribution in [2.75, 3.05) is 10.2 Å². The molecule has 2 aliphatic rings. The van der Waals surface area contributed by atoms with E-state index in [-0.39, 0.29) is 23.0 Å². The van der Waals surface area contributed by atoms with Gasteiger partial charge in [-0.15, -0.1) is 0 Å². The quantitative estimate of drug-likeness (QED) is 0.175. The van der Waals surface area contributed by atoms with Crippen molar-refractivity contribution in [3.05, 3.63) is 205 Å². The van der Waals surface area contributed by atoms with E-state index in [0.29, 0.717) is 0 Å². The molecule has 0 atom stereocenters. The molecule has 70 heavy (non-hydrogen) atoms. The molecule has 2 aromatic heterocycles. The SMILES string of the molecule is CC(C)(C)c1cc(-c2ccc3c(c2)B2c4cc(C(C)(C)C)ccc4Nc4cc(C(C)(C)C)cc(c42)N3c2c(-c3ccccc3)cccc2-c2ccccc2)nc(-n2c3ccccc3c3ccccc32)c1. The first-order valence-electron chi connectivity index (χ1n) is 24.9. The molecule has 5 heteroatoms. The Balaban J connectivity index is 1.18. The van der Waals surface area contributed by atoms with Crippen LogP contribution in [0.4, 0.5) is 28.4 Å². The number of anilines is 5. The lowest BCUT2D eigenvalue weighted by molar-refractivity contribution is 0.589. The molecule has 0 spiro atoms. The van der Waals surface area contributed by atoms with Gasteiger partial charge in [-0.25, -0.2) is 4.98 Å². The number of rotatable bonds is 5. The van der Waals surface area contributed by atoms with Crippen LogP contribution < -0.4 is 26.6 Å². The summed E-state index contributed by atoms with van der Waals surface area (Å²) in [5.74, 6) is 0.924. The van der Waals surface area contributed by atoms with Gasteiger partial charge in [0.1, 0.15) is 5.82 Å². The molecule has 1 N–H and O–H groups in total. The van der Waals surface area contributed by atoms with Gasteiger partial charge in [0.05, 0.1) is 22.4 Å². The number of nitrogens with one attached hydrogen (secondary N) is 1. The minimum atomic E-state index is -0.138. The first kappa shape index (κ1) is 43.6. The zero-order valence-corrected chi connectivity index (χ0v) is 41.8. The van der Waals surface area contributed by atoms with E-state index in [9.17, 15) is 0 Å². The molecule has 12 rings (SSSR count). The lowest BCUT2D eigenvalue weighted by Gasteiger charge is -2.43. The Kier molecular flexibility index (Phi) is 9.95. The number of fused-ring (bicyclic) bond motifs is 7. The average Bonchev–Trinajstić information content (AvgIpc) is 3.70. The molecule has 0 radical (unpaired) electrons. The predicted molar refractivity (Wildman–Crippen MR) is 300 cm³/mol. The maximum absolute atomic E-state index is 5.69. The van der Waals surface area contributed by atoms with Gasteiger partial charge in [-0.05, 0) is 115 Å². The molecule has 342 valence electrons. The zero-order chi connectivity index (χ0) is 48.3. The van der Waals surface area contributed by atoms with Crippen LogP contribution in [0.1, 0.15) is 79.0 Å². The topological polar surface area (TPSA) is 33.1 Å². The molecule has 0 amide bonds. The normalized spacial score (nSPS) is 13.3. The van der Waals surface area contributed by atoms with E-state index in [1.807, 2.05) is 0 Å². The summed E-state index contributed by atoms with van der Waals surface area (Å²) in [5, 5.41) is 6.50. The standard InChI is InChI=1S/C65H59BN4/c1-63(2,3)44-32-33-53-51(36-44)66-52-35-43(54-37-46(65(7,8)9)40-60(68-54)69-56-29-18-16-25-49(56)50-26-17-19-30-57(50)69)31-34-58(52)70(59-39-45(64(4,5)6)38-55(67-53)61(59)66)62-47(41-21-12-10-13-22-41)27-20-28-48(62)42-23-14-11-15-24-42/h10-40,67H,1-9H3. The van der Waals surface area contributed by atoms with E-state index in [4.69, 9.17) is 4.98 Å². The first-order valence-corrected chi connectivity index (χ1v) is 24.9. The third-order valence-electron chi connectivity index (χ3n) is 14.8. The Morgan fingerprint density at radius 2 is 1.00 bits per heavy atom. The second-order valence-electron chi connectivity index (χ2n) is 22.6. The molecule has 0 saturated carbocycles. The molecular formula is C65H59BN4. The van der Waals surface area contributed by atoms with Crippen LogP contribution >= 0.6 is 0 Å². The van der Waals surface area contributed by atoms with E-state index in [1.54, 1.807) is 0 Å². The first-order chi connectivity index (χ1) is 33.6. The van der Waals surface area contributed by atoms with Gasteiger partial charge in [0.25, 0.3) is 6.71 Å². The van der Waals surface area contributed by atoms with Gasteiger partial charge in [-0.1, -0.05) is 202 Å². The van der Waals surface area contributed by atoms with Crippen LogP contribution in [0.3, 0.4) is 0 Å². The summed E-state index contributed by atoms with van der Waals surface area (Å²) in [5.41, 5.74) is 22.3. The minimum absolute atomic E-state index is 0.0423. The number of nitrogens with zero attached hydrogens (tertiary/aromatic N) is 3. The van der Waals surface area contributed by atoms with Gasteiger partial charge in [0.2, 0.25) is 0 Å². The molecule has 10 aromatic rings. The van der Waals surface area contributed by atoms with Crippen molar-refractivity contribution in [3.63, 3.8) is 0 Å². The monoisotopic (exact) mass is 906 g/mol. The molecule has 0 bridgehead atoms. The molecular weight excluding hydrogens is 848 g/mol. The highest BCUT2D eigenvalue weighted by atomic mass is 15.2. The van der Waals surface area contributed by atoms with Crippen LogP contribution in [0.2, 0.25) is 0 Å². The van der Waals surface area contributed by atoms with Crippen LogP contribution in [0.25, 0.3) is 61.1 Å². The van der Waals surface area contributed by atoms with E-state index >= 15 is 0 Å². The number of benzene rings is 8. The second-order valence-corrected chi connectivity index (χ2v) is 22.6. The minimum Gasteiger partial charge on any atom is -0.356 e. The smallest absolute Gasteiger partial charge is 0.252 e. The largest absolute Gasteiger partial charge is 0.356 e. The fourth-order valence-electron chi connectivity index (χ4n) is 11.1. The molecule has 0 saturated heterocycles. The number of hydrogen-bond acceptors (Lipinski definition) is 3. The van der Waals surface area contributed by atoms with Gasteiger partial charge in [-0.3, -0.25) is 4.57 Å². The van der Waals surface area contributed by atoms with Gasteiger partial charge < -0.3 is 10.2 Å². The Morgan fingerprint density at radius 1 is 0.429 bits per heavy atom. The summed E-state index contributed by atoms with van der Waals surface area (Å²) >= 11 is 0. The molecule has 2 aliphatic heterocycles. The van der Waals surface area contributed by atoms with Crippen molar-refractivity contribution < 1.29 is 0 Å². The lowest BCUT2D eigenvalue weighted by Crippen LogP contribution is -2.60. The Labute approximate surface area is 413 Å². The maximum Gasteiger partial charge on any atom is 0.252 e. The predicted octanol–water partition coefficient (Wildman–Crippen LogP) is 15.4. The van der Waals surface area contributed by atoms with Gasteiger partial charge >= 0.3 is 0 Å². The fourth-order valence-corrected chi connectivity index (χ4v) is 11.1. The van der Waals surface area contributed by atoms with Crippen molar-refractivity contribution in [2.45, 2.75) is 78.6 Å². The van der Waals surface area contributed by atoms with Crippen LogP contribution in [-0.4, -0.2) is 16.3 Å². The summed E-state index contributed by atoms with van der Waals surface area (Å²) < 4.78 is 2.36. The molecule has 0 unspecified atom stereocenters. The Bertz CT molecular complexity index is 3580. The van der Waals surface area contributed by atoms with Crippen molar-refractivity contribution in [1.29, 1.82) is 0 Å². The van der Waals surface area contributed by atoms with Crippen molar-refractivity contribution in [3.8, 4) is 39.3 Å². The number of aromatic nitrogens is 2. The molecule has 0 aliphatic carbocycles. The van der Waals surface area contributed by atoms with Crippen molar-refractivity contribution in [2.24, 2.45) is 0 Å². The Morgan fingerprint density at radius 3 is 1.60 bits per heavy atom. The van der Waals surface area contributed by atoms with Crippen molar-refractivity contribution >= 4 is 73.3 Å². The zero-order valence-electron chi connectivity index (χ0n) is 41.8. The highest BCUT2D eigenvalue weighted by molar-refractivity contribution is 7.00. The fraction of sp³-hybridized carbons (Fsp3) is 0.185. The van der Waals surface area contributed by atoms with Crippen LogP contribution in [-0.2, 0) is 16.2 Å². The number of hydrogen-bond donors (Lipinski definition) is 1. The summed E-state index contributed by atoms with van der Waals surface area (Å²) in [6, 6.07) is 70.0. The average molecular weight is 907 g/mol. The lowest BCUT2D eigenvalue weighted by atomic mass is 9.33. The third kappa shape index (κ3) is 7.16. The number of pyridine rings is 1. The van der Waals surface area contributed by atoms with Gasteiger partial charge in [0.15, 0.2) is 0 Å². The van der Waals surface area contributed by atoms with E-state index in [1.165, 1.54) is 77.5 Å². The molecule has 4 nitrogen and oxygen atoms in total. The molecule has 4 heterocycles. The van der Waals surface area contributed by atoms with Crippen LogP contribution in [0.5, 0.6) is 0 Å². The van der Waals surface area contributed by atoms with Crippen LogP contribution in [0.15, 0.2) is 188 Å². The second kappa shape index (κ2) is 16.0. The van der Waals surface area contributed by atoms with Crippen LogP contribution in [0, 0.1) is 0 Å². The van der Waals surface area contributed by atoms with E-state index in [0.717, 1.165) is 45.2 Å². The summed E-state index contributed by atoms with van der Waals surface area (Å²) in [6.07, 6.45) is 0.